The van der Waals surface area contributed by atoms with Crippen molar-refractivity contribution in [1.82, 2.24) is 0 Å². The van der Waals surface area contributed by atoms with Crippen molar-refractivity contribution in [2.45, 2.75) is 49.7 Å². The lowest BCUT2D eigenvalue weighted by molar-refractivity contribution is -0.137. The van der Waals surface area contributed by atoms with E-state index in [4.69, 9.17) is 28.8 Å². The van der Waals surface area contributed by atoms with Crippen molar-refractivity contribution >= 4 is 5.97 Å². The summed E-state index contributed by atoms with van der Waals surface area (Å²) in [7, 11) is 0. The minimum Gasteiger partial charge on any atom is -0.492 e. The van der Waals surface area contributed by atoms with Crippen LogP contribution in [-0.4, -0.2) is 48.2 Å². The Labute approximate surface area is 242 Å². The zero-order valence-electron chi connectivity index (χ0n) is 22.8. The van der Waals surface area contributed by atoms with E-state index in [0.29, 0.717) is 85.4 Å². The molecule has 0 radical (unpaired) electrons. The minimum absolute atomic E-state index is 0.0119. The second-order valence-corrected chi connectivity index (χ2v) is 10.9. The van der Waals surface area contributed by atoms with Crippen LogP contribution in [0.4, 0.5) is 4.39 Å². The summed E-state index contributed by atoms with van der Waals surface area (Å²) in [5.74, 6) is 0.808. The number of fused-ring (bicyclic) bond motifs is 2. The average molecular weight is 576 g/mol. The Kier molecular flexibility index (Phi) is 7.62. The minimum atomic E-state index is -0.997. The molecule has 3 aromatic rings. The van der Waals surface area contributed by atoms with Gasteiger partial charge in [0.05, 0.1) is 18.6 Å². The van der Waals surface area contributed by atoms with Gasteiger partial charge in [0.1, 0.15) is 58.9 Å². The van der Waals surface area contributed by atoms with E-state index in [9.17, 15) is 15.2 Å². The highest BCUT2D eigenvalue weighted by Crippen LogP contribution is 2.44. The first-order chi connectivity index (χ1) is 20.3. The molecule has 1 aliphatic carbocycles. The molecule has 2 aliphatic heterocycles. The van der Waals surface area contributed by atoms with Gasteiger partial charge in [-0.2, -0.15) is 5.26 Å². The lowest BCUT2D eigenvalue weighted by atomic mass is 9.96. The first-order valence-corrected chi connectivity index (χ1v) is 13.9. The molecular weight excluding hydrogens is 545 g/mol. The molecule has 2 atom stereocenters. The number of aliphatic carboxylic acids is 1. The molecule has 0 saturated carbocycles. The molecule has 3 aromatic carbocycles. The smallest absolute Gasteiger partial charge is 0.304 e. The number of aliphatic hydroxyl groups is 1. The summed E-state index contributed by atoms with van der Waals surface area (Å²) in [4.78, 5) is 11.1. The zero-order valence-corrected chi connectivity index (χ0v) is 22.8. The van der Waals surface area contributed by atoms with Gasteiger partial charge in [-0.05, 0) is 43.2 Å². The Morgan fingerprint density at radius 2 is 1.88 bits per heavy atom. The fraction of sp³-hybridized carbons (Fsp3) is 0.375. The summed E-state index contributed by atoms with van der Waals surface area (Å²) < 4.78 is 44.2. The van der Waals surface area contributed by atoms with E-state index in [0.717, 1.165) is 5.56 Å². The first-order valence-electron chi connectivity index (χ1n) is 13.9. The second-order valence-electron chi connectivity index (χ2n) is 10.9. The second kappa shape index (κ2) is 11.5. The van der Waals surface area contributed by atoms with Crippen LogP contribution in [0.3, 0.4) is 0 Å². The van der Waals surface area contributed by atoms with Gasteiger partial charge in [0, 0.05) is 60.8 Å². The van der Waals surface area contributed by atoms with Crippen LogP contribution in [0.25, 0.3) is 0 Å². The number of hydrogen-bond donors (Lipinski definition) is 2. The number of halogens is 1. The molecule has 0 amide bonds. The van der Waals surface area contributed by atoms with Crippen LogP contribution in [0.2, 0.25) is 0 Å². The molecule has 2 heterocycles. The van der Waals surface area contributed by atoms with E-state index in [2.05, 4.69) is 6.07 Å². The average Bonchev–Trinajstić information content (AvgIpc) is 3.58. The summed E-state index contributed by atoms with van der Waals surface area (Å²) in [6.45, 7) is 1.27. The van der Waals surface area contributed by atoms with E-state index in [1.54, 1.807) is 42.5 Å². The summed E-state index contributed by atoms with van der Waals surface area (Å²) in [5.41, 5.74) is 1.20. The Morgan fingerprint density at radius 1 is 1.10 bits per heavy atom. The van der Waals surface area contributed by atoms with Gasteiger partial charge in [-0.1, -0.05) is 6.07 Å². The van der Waals surface area contributed by atoms with E-state index in [1.807, 2.05) is 0 Å². The third-order valence-electron chi connectivity index (χ3n) is 8.02. The van der Waals surface area contributed by atoms with Crippen LogP contribution >= 0.6 is 0 Å². The summed E-state index contributed by atoms with van der Waals surface area (Å²) in [5, 5.41) is 29.5. The van der Waals surface area contributed by atoms with Gasteiger partial charge in [-0.3, -0.25) is 4.79 Å². The zero-order chi connectivity index (χ0) is 29.3. The highest BCUT2D eigenvalue weighted by atomic mass is 19.1. The number of nitriles is 1. The van der Waals surface area contributed by atoms with Crippen molar-refractivity contribution in [2.24, 2.45) is 0 Å². The molecule has 218 valence electrons. The highest BCUT2D eigenvalue weighted by Gasteiger charge is 2.33. The van der Waals surface area contributed by atoms with Crippen LogP contribution < -0.4 is 18.9 Å². The Morgan fingerprint density at radius 3 is 2.67 bits per heavy atom. The van der Waals surface area contributed by atoms with Crippen molar-refractivity contribution in [3.63, 3.8) is 0 Å². The monoisotopic (exact) mass is 575 g/mol. The summed E-state index contributed by atoms with van der Waals surface area (Å²) in [6, 6.07) is 15.2. The third kappa shape index (κ3) is 5.71. The summed E-state index contributed by atoms with van der Waals surface area (Å²) >= 11 is 0. The van der Waals surface area contributed by atoms with Gasteiger partial charge in [0.25, 0.3) is 0 Å². The van der Waals surface area contributed by atoms with Gasteiger partial charge >= 0.3 is 5.97 Å². The van der Waals surface area contributed by atoms with E-state index >= 15 is 4.39 Å². The van der Waals surface area contributed by atoms with Crippen molar-refractivity contribution in [2.75, 3.05) is 26.4 Å². The maximum Gasteiger partial charge on any atom is 0.304 e. The Balaban J connectivity index is 1.16. The van der Waals surface area contributed by atoms with Crippen LogP contribution in [0, 0.1) is 17.1 Å². The van der Waals surface area contributed by atoms with Gasteiger partial charge in [0.2, 0.25) is 0 Å². The normalized spacial score (nSPS) is 20.1. The quantitative estimate of drug-likeness (QED) is 0.343. The molecule has 0 spiro atoms. The van der Waals surface area contributed by atoms with Gasteiger partial charge in [0.15, 0.2) is 0 Å². The largest absolute Gasteiger partial charge is 0.492 e. The van der Waals surface area contributed by atoms with Crippen LogP contribution in [0.15, 0.2) is 48.5 Å². The Bertz CT molecular complexity index is 1540. The topological polar surface area (TPSA) is 127 Å². The van der Waals surface area contributed by atoms with Gasteiger partial charge < -0.3 is 33.9 Å². The highest BCUT2D eigenvalue weighted by molar-refractivity contribution is 5.69. The standard InChI is InChI=1S/C32H30FNO8/c33-25-5-8-27(41-21-2-6-26(19(13-21)16-34)40-18-32(37)9-11-38-12-10-32)24-4-7-28(31(24)25)42-22-1-3-23-20(14-30(35)36)17-39-29(23)15-22/h1-3,5-6,8,13,15,20,28,37H,4,7,9-12,14,17-18H2,(H,35,36)/t20-,28-/m1/s1. The molecular formula is C32H30FNO8. The fourth-order valence-electron chi connectivity index (χ4n) is 5.75. The van der Waals surface area contributed by atoms with E-state index < -0.39 is 23.5 Å². The molecule has 1 fully saturated rings. The number of carboxylic acid groups (broad SMARTS) is 1. The summed E-state index contributed by atoms with van der Waals surface area (Å²) in [6.07, 6.45) is 1.44. The molecule has 1 saturated heterocycles. The molecule has 0 bridgehead atoms. The van der Waals surface area contributed by atoms with Crippen LogP contribution in [0.5, 0.6) is 28.7 Å². The molecule has 0 aromatic heterocycles. The lowest BCUT2D eigenvalue weighted by Gasteiger charge is -2.31. The van der Waals surface area contributed by atoms with Crippen molar-refractivity contribution < 1.29 is 43.1 Å². The van der Waals surface area contributed by atoms with Crippen molar-refractivity contribution in [1.29, 1.82) is 5.26 Å². The molecule has 0 unspecified atom stereocenters. The number of carbonyl (C=O) groups is 1. The molecule has 10 heteroatoms. The van der Waals surface area contributed by atoms with Gasteiger partial charge in [-0.25, -0.2) is 4.39 Å². The maximum atomic E-state index is 15.1. The SMILES string of the molecule is N#Cc1cc(Oc2ccc(F)c3c2CC[C@H]3Oc2ccc3c(c2)OC[C@H]3CC(=O)O)ccc1OCC1(O)CCOCC1. The maximum absolute atomic E-state index is 15.1. The predicted molar refractivity (Wildman–Crippen MR) is 147 cm³/mol. The number of carboxylic acids is 1. The third-order valence-corrected chi connectivity index (χ3v) is 8.02. The van der Waals surface area contributed by atoms with Crippen molar-refractivity contribution in [3.05, 3.63) is 76.6 Å². The molecule has 9 nitrogen and oxygen atoms in total. The first kappa shape index (κ1) is 27.8. The molecule has 42 heavy (non-hydrogen) atoms. The van der Waals surface area contributed by atoms with E-state index in [-0.39, 0.29) is 24.5 Å². The number of ether oxygens (including phenoxy) is 5. The lowest BCUT2D eigenvalue weighted by Crippen LogP contribution is -2.41. The van der Waals surface area contributed by atoms with Crippen LogP contribution in [-0.2, 0) is 16.0 Å². The van der Waals surface area contributed by atoms with Crippen molar-refractivity contribution in [3.8, 4) is 34.8 Å². The number of hydrogen-bond acceptors (Lipinski definition) is 8. The van der Waals surface area contributed by atoms with Gasteiger partial charge in [-0.15, -0.1) is 0 Å². The number of nitrogens with zero attached hydrogens (tertiary/aromatic N) is 1. The number of rotatable bonds is 9. The fourth-order valence-corrected chi connectivity index (χ4v) is 5.75. The van der Waals surface area contributed by atoms with E-state index in [1.165, 1.54) is 6.07 Å². The Hall–Kier alpha value is -4.33. The molecule has 3 aliphatic rings. The molecule has 2 N–H and O–H groups in total. The number of benzene rings is 3. The van der Waals surface area contributed by atoms with Crippen LogP contribution in [0.1, 0.15) is 60.0 Å². The molecule has 6 rings (SSSR count). The predicted octanol–water partition coefficient (Wildman–Crippen LogP) is 5.43.